The molecule has 2 aromatic rings. The van der Waals surface area contributed by atoms with E-state index in [-0.39, 0.29) is 6.04 Å². The van der Waals surface area contributed by atoms with Gasteiger partial charge in [0.2, 0.25) is 0 Å². The highest BCUT2D eigenvalue weighted by atomic mass is 15.0. The number of nitrogens with two attached hydrogens (primary N) is 1. The fraction of sp³-hybridized carbons (Fsp3) is 0.533. The molecule has 1 aliphatic rings. The molecule has 1 atom stereocenters. The third-order valence-corrected chi connectivity index (χ3v) is 4.42. The topological polar surface area (TPSA) is 43.8 Å². The second-order valence-corrected chi connectivity index (χ2v) is 5.54. The first-order chi connectivity index (χ1) is 8.66. The minimum absolute atomic E-state index is 0.180. The molecule has 1 fully saturated rings. The van der Waals surface area contributed by atoms with Gasteiger partial charge in [-0.25, -0.2) is 4.98 Å². The maximum atomic E-state index is 6.40. The number of aromatic nitrogens is 2. The summed E-state index contributed by atoms with van der Waals surface area (Å²) in [5.74, 6) is 1.71. The molecule has 1 unspecified atom stereocenters. The molecule has 3 heteroatoms. The van der Waals surface area contributed by atoms with Crippen molar-refractivity contribution >= 4 is 11.0 Å². The molecule has 1 saturated carbocycles. The Balaban J connectivity index is 1.97. The molecule has 2 N–H and O–H groups in total. The Labute approximate surface area is 108 Å². The minimum atomic E-state index is 0.180. The molecule has 1 aromatic heterocycles. The van der Waals surface area contributed by atoms with Crippen LogP contribution < -0.4 is 5.73 Å². The normalized spacial score (nSPS) is 18.6. The van der Waals surface area contributed by atoms with E-state index in [4.69, 9.17) is 5.73 Å². The van der Waals surface area contributed by atoms with Crippen LogP contribution >= 0.6 is 0 Å². The van der Waals surface area contributed by atoms with Crippen LogP contribution in [0.5, 0.6) is 0 Å². The third kappa shape index (κ3) is 1.83. The molecule has 3 rings (SSSR count). The lowest BCUT2D eigenvalue weighted by Gasteiger charge is -2.19. The Bertz CT molecular complexity index is 564. The predicted octanol–water partition coefficient (Wildman–Crippen LogP) is 3.07. The van der Waals surface area contributed by atoms with Crippen LogP contribution in [-0.2, 0) is 7.05 Å². The van der Waals surface area contributed by atoms with Crippen LogP contribution in [0.2, 0.25) is 0 Å². The van der Waals surface area contributed by atoms with E-state index < -0.39 is 0 Å². The van der Waals surface area contributed by atoms with Gasteiger partial charge >= 0.3 is 0 Å². The van der Waals surface area contributed by atoms with Gasteiger partial charge in [0.25, 0.3) is 0 Å². The van der Waals surface area contributed by atoms with Gasteiger partial charge in [0, 0.05) is 13.1 Å². The lowest BCUT2D eigenvalue weighted by atomic mass is 9.92. The molecule has 0 radical (unpaired) electrons. The second-order valence-electron chi connectivity index (χ2n) is 5.54. The highest BCUT2D eigenvalue weighted by Crippen LogP contribution is 2.34. The van der Waals surface area contributed by atoms with Crippen molar-refractivity contribution in [2.24, 2.45) is 18.7 Å². The molecule has 1 aromatic carbocycles. The smallest absolute Gasteiger partial charge is 0.106 e. The number of hydrogen-bond donors (Lipinski definition) is 1. The summed E-state index contributed by atoms with van der Waals surface area (Å²) in [7, 11) is 2.06. The summed E-state index contributed by atoms with van der Waals surface area (Å²) in [4.78, 5) is 4.59. The van der Waals surface area contributed by atoms with E-state index in [1.165, 1.54) is 36.8 Å². The molecule has 1 heterocycles. The van der Waals surface area contributed by atoms with Gasteiger partial charge in [-0.3, -0.25) is 0 Å². The lowest BCUT2D eigenvalue weighted by Crippen LogP contribution is -2.18. The maximum Gasteiger partial charge on any atom is 0.106 e. The summed E-state index contributed by atoms with van der Waals surface area (Å²) < 4.78 is 2.13. The van der Waals surface area contributed by atoms with Crippen LogP contribution in [0.25, 0.3) is 11.0 Å². The van der Waals surface area contributed by atoms with Crippen molar-refractivity contribution < 1.29 is 0 Å². The Hall–Kier alpha value is -1.35. The van der Waals surface area contributed by atoms with Gasteiger partial charge in [0.05, 0.1) is 11.0 Å². The van der Waals surface area contributed by atoms with Gasteiger partial charge in [0.1, 0.15) is 5.82 Å². The molecule has 0 spiro atoms. The van der Waals surface area contributed by atoms with Gasteiger partial charge in [-0.05, 0) is 43.4 Å². The molecule has 0 bridgehead atoms. The van der Waals surface area contributed by atoms with Gasteiger partial charge in [-0.2, -0.15) is 0 Å². The van der Waals surface area contributed by atoms with E-state index in [1.54, 1.807) is 0 Å². The fourth-order valence-electron chi connectivity index (χ4n) is 3.13. The standard InChI is InChI=1S/C15H21N3/c1-10-17-13-9-12(7-8-14(13)18(10)2)15(16)11-5-3-4-6-11/h7-9,11,15H,3-6,16H2,1-2H3. The van der Waals surface area contributed by atoms with E-state index in [9.17, 15) is 0 Å². The summed E-state index contributed by atoms with van der Waals surface area (Å²) in [6.07, 6.45) is 5.23. The first-order valence-electron chi connectivity index (χ1n) is 6.85. The van der Waals surface area contributed by atoms with Crippen LogP contribution in [0.15, 0.2) is 18.2 Å². The van der Waals surface area contributed by atoms with Crippen molar-refractivity contribution in [2.45, 2.75) is 38.6 Å². The van der Waals surface area contributed by atoms with E-state index in [0.717, 1.165) is 11.3 Å². The summed E-state index contributed by atoms with van der Waals surface area (Å²) in [5, 5.41) is 0. The minimum Gasteiger partial charge on any atom is -0.331 e. The monoisotopic (exact) mass is 243 g/mol. The SMILES string of the molecule is Cc1nc2cc(C(N)C3CCCC3)ccc2n1C. The summed E-state index contributed by atoms with van der Waals surface area (Å²) in [6, 6.07) is 6.68. The average Bonchev–Trinajstić information content (AvgIpc) is 2.98. The maximum absolute atomic E-state index is 6.40. The molecule has 18 heavy (non-hydrogen) atoms. The quantitative estimate of drug-likeness (QED) is 0.881. The Morgan fingerprint density at radius 2 is 2.06 bits per heavy atom. The van der Waals surface area contributed by atoms with Crippen LogP contribution in [0.3, 0.4) is 0 Å². The van der Waals surface area contributed by atoms with Crippen molar-refractivity contribution in [2.75, 3.05) is 0 Å². The highest BCUT2D eigenvalue weighted by Gasteiger charge is 2.23. The Kier molecular flexibility index (Phi) is 2.86. The largest absolute Gasteiger partial charge is 0.331 e. The van der Waals surface area contributed by atoms with Crippen LogP contribution in [0, 0.1) is 12.8 Å². The van der Waals surface area contributed by atoms with E-state index in [1.807, 2.05) is 6.92 Å². The molecule has 96 valence electrons. The molecule has 0 saturated heterocycles. The molecule has 0 amide bonds. The van der Waals surface area contributed by atoms with Crippen LogP contribution in [0.1, 0.15) is 43.1 Å². The van der Waals surface area contributed by atoms with Gasteiger partial charge in [-0.15, -0.1) is 0 Å². The average molecular weight is 243 g/mol. The van der Waals surface area contributed by atoms with Gasteiger partial charge in [-0.1, -0.05) is 18.9 Å². The van der Waals surface area contributed by atoms with Crippen molar-refractivity contribution in [3.8, 4) is 0 Å². The number of benzene rings is 1. The number of nitrogens with zero attached hydrogens (tertiary/aromatic N) is 2. The molecular weight excluding hydrogens is 222 g/mol. The molecule has 3 nitrogen and oxygen atoms in total. The summed E-state index contributed by atoms with van der Waals surface area (Å²) in [5.41, 5.74) is 9.90. The molecular formula is C15H21N3. The van der Waals surface area contributed by atoms with Crippen molar-refractivity contribution in [3.63, 3.8) is 0 Å². The zero-order chi connectivity index (χ0) is 12.7. The van der Waals surface area contributed by atoms with Gasteiger partial charge in [0.15, 0.2) is 0 Å². The molecule has 0 aliphatic heterocycles. The van der Waals surface area contributed by atoms with Crippen molar-refractivity contribution in [1.29, 1.82) is 0 Å². The number of imidazole rings is 1. The summed E-state index contributed by atoms with van der Waals surface area (Å²) >= 11 is 0. The Morgan fingerprint density at radius 3 is 2.78 bits per heavy atom. The first kappa shape index (κ1) is 11.7. The predicted molar refractivity (Wildman–Crippen MR) is 74.3 cm³/mol. The van der Waals surface area contributed by atoms with E-state index in [2.05, 4.69) is 34.8 Å². The van der Waals surface area contributed by atoms with Crippen LogP contribution in [0.4, 0.5) is 0 Å². The van der Waals surface area contributed by atoms with E-state index >= 15 is 0 Å². The number of rotatable bonds is 2. The summed E-state index contributed by atoms with van der Waals surface area (Å²) in [6.45, 7) is 2.04. The first-order valence-corrected chi connectivity index (χ1v) is 6.85. The number of aryl methyl sites for hydroxylation is 2. The van der Waals surface area contributed by atoms with Crippen molar-refractivity contribution in [1.82, 2.24) is 9.55 Å². The number of hydrogen-bond acceptors (Lipinski definition) is 2. The Morgan fingerprint density at radius 1 is 1.33 bits per heavy atom. The van der Waals surface area contributed by atoms with E-state index in [0.29, 0.717) is 5.92 Å². The highest BCUT2D eigenvalue weighted by molar-refractivity contribution is 5.76. The number of fused-ring (bicyclic) bond motifs is 1. The fourth-order valence-corrected chi connectivity index (χ4v) is 3.13. The van der Waals surface area contributed by atoms with Crippen molar-refractivity contribution in [3.05, 3.63) is 29.6 Å². The third-order valence-electron chi connectivity index (χ3n) is 4.42. The lowest BCUT2D eigenvalue weighted by molar-refractivity contribution is 0.445. The zero-order valence-electron chi connectivity index (χ0n) is 11.2. The second kappa shape index (κ2) is 4.39. The van der Waals surface area contributed by atoms with Crippen LogP contribution in [-0.4, -0.2) is 9.55 Å². The molecule has 1 aliphatic carbocycles. The zero-order valence-corrected chi connectivity index (χ0v) is 11.2. The van der Waals surface area contributed by atoms with Gasteiger partial charge < -0.3 is 10.3 Å².